The Morgan fingerprint density at radius 2 is 2.22 bits per heavy atom. The number of carbonyl (C=O) groups excluding carboxylic acids is 1. The molecule has 0 spiro atoms. The Morgan fingerprint density at radius 1 is 1.33 bits per heavy atom. The van der Waals surface area contributed by atoms with Crippen LogP contribution in [0.25, 0.3) is 10.9 Å². The van der Waals surface area contributed by atoms with Gasteiger partial charge in [0.2, 0.25) is 0 Å². The van der Waals surface area contributed by atoms with Crippen molar-refractivity contribution in [2.75, 3.05) is 20.2 Å². The van der Waals surface area contributed by atoms with Crippen molar-refractivity contribution in [2.45, 2.75) is 33.0 Å². The number of nitrogens with one attached hydrogen (secondary N) is 2. The Bertz CT molecular complexity index is 960. The summed E-state index contributed by atoms with van der Waals surface area (Å²) in [7, 11) is 1.64. The molecule has 3 aromatic rings. The number of urea groups is 1. The van der Waals surface area contributed by atoms with Crippen LogP contribution in [0.2, 0.25) is 0 Å². The average molecular weight is 368 g/mol. The first kappa shape index (κ1) is 17.5. The van der Waals surface area contributed by atoms with Gasteiger partial charge in [-0.25, -0.2) is 4.79 Å². The molecule has 1 aromatic carbocycles. The van der Waals surface area contributed by atoms with Gasteiger partial charge in [-0.2, -0.15) is 0 Å². The quantitative estimate of drug-likeness (QED) is 0.721. The molecule has 27 heavy (non-hydrogen) atoms. The van der Waals surface area contributed by atoms with Crippen LogP contribution < -0.4 is 5.32 Å². The van der Waals surface area contributed by atoms with Crippen LogP contribution in [0.4, 0.5) is 4.79 Å². The van der Waals surface area contributed by atoms with Gasteiger partial charge < -0.3 is 24.5 Å². The summed E-state index contributed by atoms with van der Waals surface area (Å²) in [5.41, 5.74) is 3.61. The molecule has 4 rings (SSSR count). The van der Waals surface area contributed by atoms with E-state index in [0.29, 0.717) is 32.8 Å². The van der Waals surface area contributed by atoms with E-state index in [1.165, 1.54) is 16.5 Å². The molecular formula is C19H24N6O2. The monoisotopic (exact) mass is 368 g/mol. The number of aromatic amines is 1. The highest BCUT2D eigenvalue weighted by Gasteiger charge is 2.24. The van der Waals surface area contributed by atoms with Gasteiger partial charge in [-0.1, -0.05) is 12.1 Å². The van der Waals surface area contributed by atoms with E-state index in [1.807, 2.05) is 16.8 Å². The first-order chi connectivity index (χ1) is 13.2. The maximum Gasteiger partial charge on any atom is 0.317 e. The zero-order valence-corrected chi connectivity index (χ0v) is 15.7. The van der Waals surface area contributed by atoms with E-state index in [9.17, 15) is 4.79 Å². The van der Waals surface area contributed by atoms with Crippen LogP contribution in [0.15, 0.2) is 24.4 Å². The zero-order chi connectivity index (χ0) is 18.8. The molecule has 0 unspecified atom stereocenters. The van der Waals surface area contributed by atoms with Gasteiger partial charge in [-0.3, -0.25) is 0 Å². The van der Waals surface area contributed by atoms with E-state index in [0.717, 1.165) is 23.6 Å². The fourth-order valence-corrected chi connectivity index (χ4v) is 3.69. The molecule has 2 N–H and O–H groups in total. The topological polar surface area (TPSA) is 88.1 Å². The highest BCUT2D eigenvalue weighted by atomic mass is 16.5. The molecule has 0 aliphatic carbocycles. The zero-order valence-electron chi connectivity index (χ0n) is 15.7. The van der Waals surface area contributed by atoms with E-state index >= 15 is 0 Å². The molecule has 8 nitrogen and oxygen atoms in total. The van der Waals surface area contributed by atoms with Crippen molar-refractivity contribution in [3.63, 3.8) is 0 Å². The van der Waals surface area contributed by atoms with Crippen LogP contribution in [0, 0.1) is 6.92 Å². The minimum atomic E-state index is -0.0610. The third-order valence-electron chi connectivity index (χ3n) is 5.06. The number of hydrogen-bond acceptors (Lipinski definition) is 4. The van der Waals surface area contributed by atoms with E-state index in [1.54, 1.807) is 12.0 Å². The van der Waals surface area contributed by atoms with E-state index in [2.05, 4.69) is 39.6 Å². The van der Waals surface area contributed by atoms with Gasteiger partial charge in [0, 0.05) is 43.8 Å². The number of rotatable bonds is 5. The molecule has 1 aliphatic heterocycles. The summed E-state index contributed by atoms with van der Waals surface area (Å²) in [6.07, 6.45) is 2.82. The predicted octanol–water partition coefficient (Wildman–Crippen LogP) is 1.98. The maximum absolute atomic E-state index is 12.5. The normalized spacial score (nSPS) is 13.8. The number of aromatic nitrogens is 4. The number of ether oxygens (including phenoxy) is 1. The van der Waals surface area contributed by atoms with Gasteiger partial charge in [0.25, 0.3) is 0 Å². The second-order valence-electron chi connectivity index (χ2n) is 6.83. The van der Waals surface area contributed by atoms with Crippen LogP contribution in [0.5, 0.6) is 0 Å². The van der Waals surface area contributed by atoms with Crippen molar-refractivity contribution >= 4 is 16.9 Å². The van der Waals surface area contributed by atoms with Gasteiger partial charge in [0.15, 0.2) is 11.6 Å². The van der Waals surface area contributed by atoms with Gasteiger partial charge >= 0.3 is 6.03 Å². The highest BCUT2D eigenvalue weighted by Crippen LogP contribution is 2.22. The average Bonchev–Trinajstić information content (AvgIpc) is 3.27. The molecule has 2 amide bonds. The first-order valence-corrected chi connectivity index (χ1v) is 9.15. The minimum absolute atomic E-state index is 0.0610. The number of fused-ring (bicyclic) bond motifs is 2. The molecule has 2 aromatic heterocycles. The van der Waals surface area contributed by atoms with E-state index < -0.39 is 0 Å². The van der Waals surface area contributed by atoms with Gasteiger partial charge in [-0.15, -0.1) is 10.2 Å². The number of methoxy groups -OCH3 is 1. The largest absolute Gasteiger partial charge is 0.377 e. The second kappa shape index (κ2) is 7.40. The Hall–Kier alpha value is -2.87. The van der Waals surface area contributed by atoms with E-state index in [4.69, 9.17) is 4.74 Å². The number of aryl methyl sites for hydroxylation is 1. The Kier molecular flexibility index (Phi) is 4.81. The lowest BCUT2D eigenvalue weighted by Gasteiger charge is -2.28. The molecule has 0 saturated carbocycles. The van der Waals surface area contributed by atoms with E-state index in [-0.39, 0.29) is 6.03 Å². The van der Waals surface area contributed by atoms with Crippen LogP contribution in [-0.4, -0.2) is 50.9 Å². The summed E-state index contributed by atoms with van der Waals surface area (Å²) in [6.45, 7) is 4.94. The molecule has 0 saturated heterocycles. The van der Waals surface area contributed by atoms with Crippen molar-refractivity contribution in [1.82, 2.24) is 30.0 Å². The van der Waals surface area contributed by atoms with Crippen LogP contribution in [-0.2, 0) is 30.9 Å². The Balaban J connectivity index is 1.34. The van der Waals surface area contributed by atoms with Crippen molar-refractivity contribution in [3.05, 3.63) is 47.2 Å². The van der Waals surface area contributed by atoms with Gasteiger partial charge in [-0.05, 0) is 30.5 Å². The lowest BCUT2D eigenvalue weighted by atomic mass is 10.1. The minimum Gasteiger partial charge on any atom is -0.377 e. The van der Waals surface area contributed by atoms with Crippen LogP contribution in [0.3, 0.4) is 0 Å². The smallest absolute Gasteiger partial charge is 0.317 e. The van der Waals surface area contributed by atoms with Crippen molar-refractivity contribution in [3.8, 4) is 0 Å². The number of benzene rings is 1. The molecule has 1 aliphatic rings. The lowest BCUT2D eigenvalue weighted by molar-refractivity contribution is 0.164. The fraction of sp³-hybridized carbons (Fsp3) is 0.421. The van der Waals surface area contributed by atoms with Crippen molar-refractivity contribution in [2.24, 2.45) is 0 Å². The fourth-order valence-electron chi connectivity index (χ4n) is 3.69. The van der Waals surface area contributed by atoms with Crippen LogP contribution in [0.1, 0.15) is 22.8 Å². The van der Waals surface area contributed by atoms with Crippen molar-refractivity contribution in [1.29, 1.82) is 0 Å². The summed E-state index contributed by atoms with van der Waals surface area (Å²) in [5.74, 6) is 1.61. The standard InChI is InChI=1S/C19H24N6O2/c1-13-4-3-5-15-18(13)14(10-21-15)6-7-20-19(26)24-8-9-25-16(11-24)22-23-17(25)12-27-2/h3-5,10,21H,6-9,11-12H2,1-2H3,(H,20,26). The third-order valence-corrected chi connectivity index (χ3v) is 5.06. The molecular weight excluding hydrogens is 344 g/mol. The molecule has 0 radical (unpaired) electrons. The second-order valence-corrected chi connectivity index (χ2v) is 6.83. The Labute approximate surface area is 157 Å². The molecule has 8 heteroatoms. The first-order valence-electron chi connectivity index (χ1n) is 9.15. The summed E-state index contributed by atoms with van der Waals surface area (Å²) in [5, 5.41) is 12.6. The predicted molar refractivity (Wildman–Crippen MR) is 101 cm³/mol. The summed E-state index contributed by atoms with van der Waals surface area (Å²) in [4.78, 5) is 17.6. The molecule has 3 heterocycles. The summed E-state index contributed by atoms with van der Waals surface area (Å²) >= 11 is 0. The number of H-pyrrole nitrogens is 1. The number of amides is 2. The number of nitrogens with zero attached hydrogens (tertiary/aromatic N) is 4. The van der Waals surface area contributed by atoms with Crippen LogP contribution >= 0.6 is 0 Å². The molecule has 0 atom stereocenters. The summed E-state index contributed by atoms with van der Waals surface area (Å²) < 4.78 is 7.16. The molecule has 0 fully saturated rings. The lowest BCUT2D eigenvalue weighted by Crippen LogP contribution is -2.45. The molecule has 142 valence electrons. The SMILES string of the molecule is COCc1nnc2n1CCN(C(=O)NCCc1c[nH]c3cccc(C)c13)C2. The maximum atomic E-state index is 12.5. The van der Waals surface area contributed by atoms with Gasteiger partial charge in [0.1, 0.15) is 6.61 Å². The third kappa shape index (κ3) is 3.40. The molecule has 0 bridgehead atoms. The Morgan fingerprint density at radius 3 is 3.07 bits per heavy atom. The number of carbonyl (C=O) groups is 1. The number of hydrogen-bond donors (Lipinski definition) is 2. The highest BCUT2D eigenvalue weighted by molar-refractivity contribution is 5.86. The summed E-state index contributed by atoms with van der Waals surface area (Å²) in [6, 6.07) is 6.17. The van der Waals surface area contributed by atoms with Crippen molar-refractivity contribution < 1.29 is 9.53 Å². The van der Waals surface area contributed by atoms with Gasteiger partial charge in [0.05, 0.1) is 6.54 Å².